The maximum Gasteiger partial charge on any atom is 0.0660 e. The molecule has 2 aliphatic rings. The van der Waals surface area contributed by atoms with Gasteiger partial charge in [-0.15, -0.1) is 11.6 Å². The van der Waals surface area contributed by atoms with E-state index in [1.165, 1.54) is 60.2 Å². The first-order valence-corrected chi connectivity index (χ1v) is 12.0. The summed E-state index contributed by atoms with van der Waals surface area (Å²) in [6.45, 7) is 4.23. The number of alkyl halides is 1. The van der Waals surface area contributed by atoms with Crippen LogP contribution in [0.4, 0.5) is 5.69 Å². The van der Waals surface area contributed by atoms with Gasteiger partial charge in [0.05, 0.1) is 6.54 Å². The summed E-state index contributed by atoms with van der Waals surface area (Å²) in [5, 5.41) is 3.48. The van der Waals surface area contributed by atoms with E-state index in [4.69, 9.17) is 11.6 Å². The molecule has 0 bridgehead atoms. The summed E-state index contributed by atoms with van der Waals surface area (Å²) < 4.78 is 0. The first-order valence-electron chi connectivity index (χ1n) is 11.5. The Labute approximate surface area is 191 Å². The molecule has 0 aromatic heterocycles. The molecule has 0 saturated carbocycles. The zero-order valence-corrected chi connectivity index (χ0v) is 19.0. The predicted octanol–water partition coefficient (Wildman–Crippen LogP) is 6.59. The zero-order valence-electron chi connectivity index (χ0n) is 18.2. The van der Waals surface area contributed by atoms with Gasteiger partial charge in [-0.05, 0) is 84.8 Å². The van der Waals surface area contributed by atoms with Crippen LogP contribution in [0, 0.1) is 0 Å². The first kappa shape index (κ1) is 21.9. The van der Waals surface area contributed by atoms with Crippen LogP contribution in [0.3, 0.4) is 0 Å². The van der Waals surface area contributed by atoms with Crippen molar-refractivity contribution >= 4 is 35.2 Å². The maximum absolute atomic E-state index is 5.77. The molecule has 2 aromatic rings. The summed E-state index contributed by atoms with van der Waals surface area (Å²) in [7, 11) is 0. The summed E-state index contributed by atoms with van der Waals surface area (Å²) in [5.41, 5.74) is 7.36. The average molecular weight is 434 g/mol. The number of halogens is 1. The van der Waals surface area contributed by atoms with Crippen LogP contribution >= 0.6 is 11.6 Å². The lowest BCUT2D eigenvalue weighted by molar-refractivity contribution is 0.221. The molecule has 1 saturated heterocycles. The number of rotatable bonds is 8. The number of aliphatic imine (C=N–C) groups is 1. The van der Waals surface area contributed by atoms with E-state index in [-0.39, 0.29) is 0 Å². The third kappa shape index (κ3) is 6.32. The SMILES string of the molecule is ClCCC/C=C/c1ccc2c(c1)/C(=C/Nc1ccc(CN3CCCCC3)cc1)CN=C2. The monoisotopic (exact) mass is 433 g/mol. The molecule has 162 valence electrons. The number of nitrogens with one attached hydrogen (secondary N) is 1. The van der Waals surface area contributed by atoms with Crippen molar-refractivity contribution in [2.75, 3.05) is 30.8 Å². The van der Waals surface area contributed by atoms with E-state index in [9.17, 15) is 0 Å². The minimum absolute atomic E-state index is 0.701. The maximum atomic E-state index is 5.77. The van der Waals surface area contributed by atoms with Crippen molar-refractivity contribution in [2.24, 2.45) is 4.99 Å². The minimum atomic E-state index is 0.701. The van der Waals surface area contributed by atoms with Crippen molar-refractivity contribution in [3.63, 3.8) is 0 Å². The standard InChI is InChI=1S/C27H32ClN3/c28-14-4-1-3-7-22-8-11-24-18-29-19-25(27(24)17-22)20-30-26-12-9-23(10-13-26)21-31-15-5-2-6-16-31/h3,7-13,17-18,20,30H,1-2,4-6,14-16,19,21H2/b7-3+,25-20+. The molecule has 4 heteroatoms. The van der Waals surface area contributed by atoms with Crippen molar-refractivity contribution < 1.29 is 0 Å². The number of unbranched alkanes of at least 4 members (excludes halogenated alkanes) is 1. The number of piperidine rings is 1. The van der Waals surface area contributed by atoms with E-state index in [2.05, 4.69) is 76.0 Å². The lowest BCUT2D eigenvalue weighted by atomic mass is 9.96. The highest BCUT2D eigenvalue weighted by atomic mass is 35.5. The van der Waals surface area contributed by atoms with Crippen LogP contribution in [-0.4, -0.2) is 36.6 Å². The third-order valence-corrected chi connectivity index (χ3v) is 6.22. The molecular formula is C27H32ClN3. The van der Waals surface area contributed by atoms with Crippen LogP contribution in [0.5, 0.6) is 0 Å². The van der Waals surface area contributed by atoms with Gasteiger partial charge in [-0.3, -0.25) is 9.89 Å². The first-order chi connectivity index (χ1) is 15.3. The van der Waals surface area contributed by atoms with Crippen molar-refractivity contribution in [3.8, 4) is 0 Å². The van der Waals surface area contributed by atoms with Gasteiger partial charge in [-0.2, -0.15) is 0 Å². The molecule has 3 nitrogen and oxygen atoms in total. The number of likely N-dealkylation sites (tertiary alicyclic amines) is 1. The van der Waals surface area contributed by atoms with Crippen molar-refractivity contribution in [1.82, 2.24) is 4.90 Å². The molecule has 1 fully saturated rings. The average Bonchev–Trinajstić information content (AvgIpc) is 2.82. The number of fused-ring (bicyclic) bond motifs is 1. The van der Waals surface area contributed by atoms with E-state index in [1.54, 1.807) is 0 Å². The molecule has 2 aliphatic heterocycles. The quantitative estimate of drug-likeness (QED) is 0.375. The van der Waals surface area contributed by atoms with E-state index in [0.29, 0.717) is 12.4 Å². The molecule has 0 atom stereocenters. The Bertz CT molecular complexity index is 937. The van der Waals surface area contributed by atoms with Crippen molar-refractivity contribution in [1.29, 1.82) is 0 Å². The highest BCUT2D eigenvalue weighted by molar-refractivity contribution is 6.17. The Kier molecular flexibility index (Phi) is 7.98. The summed E-state index contributed by atoms with van der Waals surface area (Å²) in [6.07, 6.45) is 14.6. The lowest BCUT2D eigenvalue weighted by Crippen LogP contribution is -2.29. The van der Waals surface area contributed by atoms with Gasteiger partial charge in [0, 0.05) is 30.5 Å². The van der Waals surface area contributed by atoms with Crippen molar-refractivity contribution in [3.05, 3.63) is 77.0 Å². The Balaban J connectivity index is 1.41. The molecular weight excluding hydrogens is 402 g/mol. The van der Waals surface area contributed by atoms with E-state index >= 15 is 0 Å². The van der Waals surface area contributed by atoms with Gasteiger partial charge in [0.1, 0.15) is 0 Å². The van der Waals surface area contributed by atoms with Crippen LogP contribution in [-0.2, 0) is 6.54 Å². The highest BCUT2D eigenvalue weighted by Crippen LogP contribution is 2.25. The summed E-state index contributed by atoms with van der Waals surface area (Å²) in [5.74, 6) is 0.711. The fraction of sp³-hybridized carbons (Fsp3) is 0.370. The fourth-order valence-corrected chi connectivity index (χ4v) is 4.34. The van der Waals surface area contributed by atoms with Gasteiger partial charge in [0.2, 0.25) is 0 Å². The molecule has 0 spiro atoms. The summed E-state index contributed by atoms with van der Waals surface area (Å²) in [6, 6.07) is 15.4. The second kappa shape index (κ2) is 11.3. The normalized spacial score (nSPS) is 17.9. The van der Waals surface area contributed by atoms with Crippen LogP contribution in [0.1, 0.15) is 54.4 Å². The molecule has 1 N–H and O–H groups in total. The number of allylic oxidation sites excluding steroid dienone is 1. The topological polar surface area (TPSA) is 27.6 Å². The van der Waals surface area contributed by atoms with Crippen LogP contribution < -0.4 is 5.32 Å². The number of hydrogen-bond acceptors (Lipinski definition) is 3. The smallest absolute Gasteiger partial charge is 0.0660 e. The van der Waals surface area contributed by atoms with Crippen LogP contribution in [0.25, 0.3) is 11.6 Å². The largest absolute Gasteiger partial charge is 0.361 e. The van der Waals surface area contributed by atoms with Crippen LogP contribution in [0.15, 0.2) is 59.7 Å². The number of anilines is 1. The predicted molar refractivity (Wildman–Crippen MR) is 135 cm³/mol. The van der Waals surface area contributed by atoms with Crippen molar-refractivity contribution in [2.45, 2.75) is 38.6 Å². The second-order valence-corrected chi connectivity index (χ2v) is 8.78. The summed E-state index contributed by atoms with van der Waals surface area (Å²) >= 11 is 5.77. The second-order valence-electron chi connectivity index (χ2n) is 8.40. The van der Waals surface area contributed by atoms with E-state index in [1.807, 2.05) is 6.21 Å². The van der Waals surface area contributed by atoms with Gasteiger partial charge >= 0.3 is 0 Å². The molecule has 4 rings (SSSR count). The van der Waals surface area contributed by atoms with Crippen LogP contribution in [0.2, 0.25) is 0 Å². The lowest BCUT2D eigenvalue weighted by Gasteiger charge is -2.26. The summed E-state index contributed by atoms with van der Waals surface area (Å²) in [4.78, 5) is 7.10. The molecule has 2 aromatic carbocycles. The number of benzene rings is 2. The molecule has 31 heavy (non-hydrogen) atoms. The Morgan fingerprint density at radius 1 is 1.03 bits per heavy atom. The van der Waals surface area contributed by atoms with Gasteiger partial charge in [-0.25, -0.2) is 0 Å². The Morgan fingerprint density at radius 3 is 2.68 bits per heavy atom. The fourth-order valence-electron chi connectivity index (χ4n) is 4.19. The zero-order chi connectivity index (χ0) is 21.3. The van der Waals surface area contributed by atoms with E-state index < -0.39 is 0 Å². The van der Waals surface area contributed by atoms with E-state index in [0.717, 1.165) is 25.1 Å². The van der Waals surface area contributed by atoms with Gasteiger partial charge in [-0.1, -0.05) is 42.8 Å². The van der Waals surface area contributed by atoms with Gasteiger partial charge < -0.3 is 5.32 Å². The third-order valence-electron chi connectivity index (χ3n) is 5.95. The number of nitrogens with zero attached hydrogens (tertiary/aromatic N) is 2. The minimum Gasteiger partial charge on any atom is -0.361 e. The highest BCUT2D eigenvalue weighted by Gasteiger charge is 2.12. The molecule has 0 radical (unpaired) electrons. The van der Waals surface area contributed by atoms with Gasteiger partial charge in [0.25, 0.3) is 0 Å². The number of hydrogen-bond donors (Lipinski definition) is 1. The van der Waals surface area contributed by atoms with Gasteiger partial charge in [0.15, 0.2) is 0 Å². The Morgan fingerprint density at radius 2 is 1.87 bits per heavy atom. The molecule has 0 unspecified atom stereocenters. The molecule has 0 amide bonds. The molecule has 0 aliphatic carbocycles. The molecule has 2 heterocycles. The Hall–Kier alpha value is -2.36.